The van der Waals surface area contributed by atoms with Crippen molar-refractivity contribution >= 4 is 22.3 Å². The van der Waals surface area contributed by atoms with Crippen LogP contribution in [0.15, 0.2) is 16.7 Å². The van der Waals surface area contributed by atoms with E-state index in [1.165, 1.54) is 12.3 Å². The Hall–Kier alpha value is -2.11. The van der Waals surface area contributed by atoms with Gasteiger partial charge in [0.1, 0.15) is 11.8 Å². The lowest BCUT2D eigenvalue weighted by atomic mass is 9.98. The van der Waals surface area contributed by atoms with Crippen molar-refractivity contribution in [3.8, 4) is 0 Å². The highest BCUT2D eigenvalue weighted by molar-refractivity contribution is 7.80. The van der Waals surface area contributed by atoms with E-state index in [4.69, 9.17) is 14.7 Å². The molecular weight excluding hydrogens is 294 g/mol. The van der Waals surface area contributed by atoms with Gasteiger partial charge in [-0.3, -0.25) is 9.35 Å². The lowest BCUT2D eigenvalue weighted by molar-refractivity contribution is -0.123. The molecule has 3 N–H and O–H groups in total. The quantitative estimate of drug-likeness (QED) is 0.705. The van der Waals surface area contributed by atoms with Crippen LogP contribution < -0.4 is 5.73 Å². The van der Waals surface area contributed by atoms with Crippen LogP contribution in [0.2, 0.25) is 0 Å². The number of urea groups is 1. The molecule has 2 aliphatic rings. The Labute approximate surface area is 112 Å². The Morgan fingerprint density at radius 2 is 2.25 bits per heavy atom. The molecule has 2 atom stereocenters. The van der Waals surface area contributed by atoms with E-state index in [1.54, 1.807) is 0 Å². The van der Waals surface area contributed by atoms with E-state index in [-0.39, 0.29) is 12.3 Å². The van der Waals surface area contributed by atoms with E-state index in [1.807, 2.05) is 0 Å². The predicted octanol–water partition coefficient (Wildman–Crippen LogP) is -0.667. The Morgan fingerprint density at radius 3 is 2.85 bits per heavy atom. The normalized spacial score (nSPS) is 24.9. The highest BCUT2D eigenvalue weighted by atomic mass is 32.3. The molecule has 1 unspecified atom stereocenters. The van der Waals surface area contributed by atoms with Crippen molar-refractivity contribution in [1.29, 1.82) is 0 Å². The van der Waals surface area contributed by atoms with Crippen LogP contribution in [0.5, 0.6) is 0 Å². The van der Waals surface area contributed by atoms with E-state index in [2.05, 4.69) is 4.28 Å². The number of nitrogens with zero attached hydrogens (tertiary/aromatic N) is 2. The van der Waals surface area contributed by atoms with Gasteiger partial charge in [0.2, 0.25) is 5.91 Å². The summed E-state index contributed by atoms with van der Waals surface area (Å²) in [6.45, 7) is -0.00546. The molecule has 3 heterocycles. The van der Waals surface area contributed by atoms with E-state index < -0.39 is 34.4 Å². The molecule has 2 bridgehead atoms. The number of rotatable bonds is 3. The third-order valence-corrected chi connectivity index (χ3v) is 3.53. The number of nitrogens with two attached hydrogens (primary N) is 1. The molecule has 1 aromatic rings. The van der Waals surface area contributed by atoms with Crippen molar-refractivity contribution in [1.82, 2.24) is 9.96 Å². The molecule has 3 amide bonds. The van der Waals surface area contributed by atoms with Crippen LogP contribution in [-0.2, 0) is 19.5 Å². The summed E-state index contributed by atoms with van der Waals surface area (Å²) in [5, 5.41) is 0.479. The van der Waals surface area contributed by atoms with Crippen LogP contribution in [0.4, 0.5) is 4.79 Å². The van der Waals surface area contributed by atoms with Crippen LogP contribution in [0.1, 0.15) is 23.4 Å². The van der Waals surface area contributed by atoms with Crippen LogP contribution in [-0.4, -0.2) is 41.4 Å². The van der Waals surface area contributed by atoms with Gasteiger partial charge in [-0.25, -0.2) is 4.79 Å². The summed E-state index contributed by atoms with van der Waals surface area (Å²) in [6, 6.07) is -1.37. The second-order valence-corrected chi connectivity index (χ2v) is 5.33. The average molecular weight is 303 g/mol. The molecule has 20 heavy (non-hydrogen) atoms. The molecule has 0 spiro atoms. The number of primary amides is 1. The summed E-state index contributed by atoms with van der Waals surface area (Å²) in [5.41, 5.74) is 5.64. The Kier molecular flexibility index (Phi) is 2.54. The van der Waals surface area contributed by atoms with E-state index in [9.17, 15) is 18.0 Å². The van der Waals surface area contributed by atoms with Crippen molar-refractivity contribution in [3.63, 3.8) is 0 Å². The van der Waals surface area contributed by atoms with Crippen molar-refractivity contribution < 1.29 is 31.3 Å². The molecule has 1 saturated heterocycles. The third kappa shape index (κ3) is 1.75. The van der Waals surface area contributed by atoms with Gasteiger partial charge >= 0.3 is 16.4 Å². The molecule has 0 radical (unpaired) electrons. The molecule has 11 heteroatoms. The van der Waals surface area contributed by atoms with Gasteiger partial charge in [0.05, 0.1) is 12.8 Å². The van der Waals surface area contributed by atoms with Crippen molar-refractivity contribution in [3.05, 3.63) is 23.7 Å². The van der Waals surface area contributed by atoms with Crippen molar-refractivity contribution in [2.75, 3.05) is 6.54 Å². The minimum atomic E-state index is -4.87. The number of hydroxylamine groups is 2. The molecule has 1 aromatic heterocycles. The molecular formula is C9H9N3O7S. The first-order valence-corrected chi connectivity index (χ1v) is 6.79. The summed E-state index contributed by atoms with van der Waals surface area (Å²) in [6.07, 6.45) is 1.29. The molecule has 10 nitrogen and oxygen atoms in total. The first kappa shape index (κ1) is 12.9. The number of fused-ring (bicyclic) bond motifs is 4. The highest BCUT2D eigenvalue weighted by Crippen LogP contribution is 2.44. The smallest absolute Gasteiger partial charge is 0.418 e. The van der Waals surface area contributed by atoms with Gasteiger partial charge in [-0.2, -0.15) is 13.5 Å². The summed E-state index contributed by atoms with van der Waals surface area (Å²) >= 11 is 0. The summed E-state index contributed by atoms with van der Waals surface area (Å²) in [5.74, 6) is -0.662. The van der Waals surface area contributed by atoms with Gasteiger partial charge in [0.25, 0.3) is 0 Å². The third-order valence-electron chi connectivity index (χ3n) is 3.18. The van der Waals surface area contributed by atoms with E-state index in [0.717, 1.165) is 4.90 Å². The molecule has 0 aromatic carbocycles. The SMILES string of the molecule is NC(=O)C1c2occc2[C@H]2CN1C(=O)N2OS(=O)(=O)O. The topological polar surface area (TPSA) is 143 Å². The monoisotopic (exact) mass is 303 g/mol. The first-order valence-electron chi connectivity index (χ1n) is 5.43. The minimum Gasteiger partial charge on any atom is -0.466 e. The fourth-order valence-electron chi connectivity index (χ4n) is 2.48. The van der Waals surface area contributed by atoms with E-state index >= 15 is 0 Å². The van der Waals surface area contributed by atoms with Gasteiger partial charge in [-0.15, -0.1) is 4.28 Å². The average Bonchev–Trinajstić information content (AvgIpc) is 2.88. The molecule has 2 aliphatic heterocycles. The molecule has 0 saturated carbocycles. The van der Waals surface area contributed by atoms with Crippen LogP contribution >= 0.6 is 0 Å². The maximum Gasteiger partial charge on any atom is 0.418 e. The zero-order valence-corrected chi connectivity index (χ0v) is 10.6. The fourth-order valence-corrected chi connectivity index (χ4v) is 2.85. The van der Waals surface area contributed by atoms with Gasteiger partial charge in [-0.05, 0) is 6.07 Å². The maximum atomic E-state index is 12.0. The zero-order valence-electron chi connectivity index (χ0n) is 9.79. The summed E-state index contributed by atoms with van der Waals surface area (Å²) < 4.78 is 39.7. The Bertz CT molecular complexity index is 696. The number of furan rings is 1. The second-order valence-electron chi connectivity index (χ2n) is 4.32. The lowest BCUT2D eigenvalue weighted by Gasteiger charge is -2.26. The van der Waals surface area contributed by atoms with Gasteiger partial charge in [-0.1, -0.05) is 0 Å². The molecule has 3 rings (SSSR count). The fraction of sp³-hybridized carbons (Fsp3) is 0.333. The predicted molar refractivity (Wildman–Crippen MR) is 60.0 cm³/mol. The maximum absolute atomic E-state index is 12.0. The van der Waals surface area contributed by atoms with Crippen LogP contribution in [0, 0.1) is 0 Å². The Morgan fingerprint density at radius 1 is 1.55 bits per heavy atom. The first-order chi connectivity index (χ1) is 9.29. The number of hydrogen-bond donors (Lipinski definition) is 2. The van der Waals surface area contributed by atoms with Crippen LogP contribution in [0.25, 0.3) is 0 Å². The summed E-state index contributed by atoms with van der Waals surface area (Å²) in [4.78, 5) is 24.5. The number of carbonyl (C=O) groups excluding carboxylic acids is 2. The second kappa shape index (κ2) is 3.94. The zero-order chi connectivity index (χ0) is 14.7. The van der Waals surface area contributed by atoms with Gasteiger partial charge in [0, 0.05) is 5.56 Å². The highest BCUT2D eigenvalue weighted by Gasteiger charge is 2.53. The van der Waals surface area contributed by atoms with Crippen LogP contribution in [0.3, 0.4) is 0 Å². The summed E-state index contributed by atoms with van der Waals surface area (Å²) in [7, 11) is -4.87. The molecule has 0 aliphatic carbocycles. The van der Waals surface area contributed by atoms with Crippen molar-refractivity contribution in [2.45, 2.75) is 12.1 Å². The standard InChI is InChI=1S/C9H9N3O7S/c10-8(13)6-7-4(1-2-18-7)5-3-11(6)9(14)12(5)19-20(15,16)17/h1-2,5-6H,3H2,(H2,10,13)(H,15,16,17)/t5-,6?/m1/s1. The largest absolute Gasteiger partial charge is 0.466 e. The van der Waals surface area contributed by atoms with Gasteiger partial charge in [0.15, 0.2) is 6.04 Å². The van der Waals surface area contributed by atoms with Crippen molar-refractivity contribution in [2.24, 2.45) is 5.73 Å². The number of hydrogen-bond acceptors (Lipinski definition) is 6. The molecule has 108 valence electrons. The minimum absolute atomic E-state index is 0.00546. The molecule has 1 fully saturated rings. The van der Waals surface area contributed by atoms with E-state index in [0.29, 0.717) is 10.6 Å². The number of amides is 3. The van der Waals surface area contributed by atoms with Gasteiger partial charge < -0.3 is 15.1 Å². The lowest BCUT2D eigenvalue weighted by Crippen LogP contribution is -2.41. The Balaban J connectivity index is 2.07. The number of carbonyl (C=O) groups is 2.